The Kier molecular flexibility index (Phi) is 10.8. The summed E-state index contributed by atoms with van der Waals surface area (Å²) in [6, 6.07) is 17.4. The highest BCUT2D eigenvalue weighted by atomic mass is 19.1. The maximum Gasteiger partial charge on any atom is 0.270 e. The molecular weight excluding hydrogens is 540 g/mol. The first-order valence-electron chi connectivity index (χ1n) is 14.2. The van der Waals surface area contributed by atoms with Gasteiger partial charge in [-0.05, 0) is 67.6 Å². The van der Waals surface area contributed by atoms with E-state index in [1.807, 2.05) is 38.1 Å². The van der Waals surface area contributed by atoms with Gasteiger partial charge in [0.25, 0.3) is 5.91 Å². The van der Waals surface area contributed by atoms with Crippen molar-refractivity contribution in [2.45, 2.75) is 52.3 Å². The Labute approximate surface area is 244 Å². The Morgan fingerprint density at radius 3 is 2.29 bits per heavy atom. The third kappa shape index (κ3) is 8.02. The van der Waals surface area contributed by atoms with Gasteiger partial charge < -0.3 is 25.2 Å². The summed E-state index contributed by atoms with van der Waals surface area (Å²) in [6.45, 7) is 7.20. The van der Waals surface area contributed by atoms with E-state index in [0.717, 1.165) is 18.1 Å². The molecule has 42 heavy (non-hydrogen) atoms. The molecule has 4 aromatic rings. The van der Waals surface area contributed by atoms with Gasteiger partial charge in [0, 0.05) is 30.6 Å². The number of aliphatic hydroxyl groups excluding tert-OH is 1. The highest BCUT2D eigenvalue weighted by Gasteiger charge is 2.25. The number of pyridine rings is 1. The number of nitrogens with zero attached hydrogens (tertiary/aromatic N) is 1. The number of hydrogen-bond donors (Lipinski definition) is 3. The van der Waals surface area contributed by atoms with Crippen molar-refractivity contribution >= 4 is 16.8 Å². The van der Waals surface area contributed by atoms with Crippen LogP contribution >= 0.6 is 0 Å². The van der Waals surface area contributed by atoms with Gasteiger partial charge >= 0.3 is 0 Å². The van der Waals surface area contributed by atoms with Crippen LogP contribution in [0.3, 0.4) is 0 Å². The van der Waals surface area contributed by atoms with E-state index in [1.54, 1.807) is 12.1 Å². The molecule has 3 aromatic carbocycles. The minimum atomic E-state index is -1.08. The summed E-state index contributed by atoms with van der Waals surface area (Å²) in [6.07, 6.45) is -0.181. The second-order valence-corrected chi connectivity index (χ2v) is 9.96. The minimum Gasteiger partial charge on any atom is -0.493 e. The molecule has 2 atom stereocenters. The SMILES string of the molecule is CCOc1cc(C(=O)N[C@@H](Cc2cc(F)cc(F)c2)[C@H](O)CNCc2cccc(CC)c2)nc2c(OCC)cccc12. The Morgan fingerprint density at radius 1 is 0.881 bits per heavy atom. The topological polar surface area (TPSA) is 92.7 Å². The molecule has 0 saturated carbocycles. The van der Waals surface area contributed by atoms with Gasteiger partial charge in [-0.15, -0.1) is 0 Å². The van der Waals surface area contributed by atoms with Gasteiger partial charge in [-0.25, -0.2) is 13.8 Å². The number of aliphatic hydroxyl groups is 1. The second-order valence-electron chi connectivity index (χ2n) is 9.96. The zero-order valence-electron chi connectivity index (χ0n) is 24.1. The number of carbonyl (C=O) groups is 1. The fraction of sp³-hybridized carbons (Fsp3) is 0.333. The van der Waals surface area contributed by atoms with E-state index in [-0.39, 0.29) is 18.7 Å². The number of carbonyl (C=O) groups excluding carboxylic acids is 1. The molecule has 0 fully saturated rings. The van der Waals surface area contributed by atoms with Crippen molar-refractivity contribution in [3.05, 3.63) is 101 Å². The maximum atomic E-state index is 14.0. The number of ether oxygens (including phenoxy) is 2. The number of benzene rings is 3. The monoisotopic (exact) mass is 577 g/mol. The molecule has 9 heteroatoms. The van der Waals surface area contributed by atoms with Gasteiger partial charge in [0.1, 0.15) is 34.3 Å². The summed E-state index contributed by atoms with van der Waals surface area (Å²) < 4.78 is 39.5. The summed E-state index contributed by atoms with van der Waals surface area (Å²) >= 11 is 0. The van der Waals surface area contributed by atoms with Crippen LogP contribution in [0.5, 0.6) is 11.5 Å². The van der Waals surface area contributed by atoms with Crippen molar-refractivity contribution in [3.63, 3.8) is 0 Å². The van der Waals surface area contributed by atoms with Gasteiger partial charge in [0.05, 0.1) is 25.4 Å². The van der Waals surface area contributed by atoms with Crippen LogP contribution in [-0.4, -0.2) is 47.9 Å². The Bertz CT molecular complexity index is 1490. The molecule has 0 unspecified atom stereocenters. The molecule has 0 spiro atoms. The molecule has 1 amide bonds. The number of amides is 1. The van der Waals surface area contributed by atoms with E-state index in [0.29, 0.717) is 47.7 Å². The van der Waals surface area contributed by atoms with Crippen LogP contribution in [0.25, 0.3) is 10.9 Å². The Balaban J connectivity index is 1.59. The third-order valence-corrected chi connectivity index (χ3v) is 6.84. The lowest BCUT2D eigenvalue weighted by Crippen LogP contribution is -2.48. The van der Waals surface area contributed by atoms with Gasteiger partial charge in [-0.2, -0.15) is 0 Å². The highest BCUT2D eigenvalue weighted by molar-refractivity contribution is 5.98. The largest absolute Gasteiger partial charge is 0.493 e. The number of nitrogens with one attached hydrogen (secondary N) is 2. The smallest absolute Gasteiger partial charge is 0.270 e. The molecule has 222 valence electrons. The van der Waals surface area contributed by atoms with Crippen LogP contribution in [0.1, 0.15) is 48.0 Å². The van der Waals surface area contributed by atoms with Crippen molar-refractivity contribution in [1.82, 2.24) is 15.6 Å². The average molecular weight is 578 g/mol. The van der Waals surface area contributed by atoms with E-state index < -0.39 is 29.7 Å². The van der Waals surface area contributed by atoms with Gasteiger partial charge in [0.2, 0.25) is 0 Å². The van der Waals surface area contributed by atoms with E-state index in [1.165, 1.54) is 17.7 Å². The Hall–Kier alpha value is -4.08. The zero-order chi connectivity index (χ0) is 30.1. The molecule has 0 saturated heterocycles. The van der Waals surface area contributed by atoms with Crippen LogP contribution in [0.15, 0.2) is 66.7 Å². The normalized spacial score (nSPS) is 12.6. The summed E-state index contributed by atoms with van der Waals surface area (Å²) in [5, 5.41) is 17.9. The first-order valence-corrected chi connectivity index (χ1v) is 14.2. The number of aromatic nitrogens is 1. The molecule has 7 nitrogen and oxygen atoms in total. The fourth-order valence-corrected chi connectivity index (χ4v) is 4.83. The van der Waals surface area contributed by atoms with E-state index in [2.05, 4.69) is 34.7 Å². The van der Waals surface area contributed by atoms with Crippen molar-refractivity contribution in [2.24, 2.45) is 0 Å². The first-order chi connectivity index (χ1) is 20.3. The molecule has 0 bridgehead atoms. The number of rotatable bonds is 14. The molecule has 3 N–H and O–H groups in total. The first kappa shape index (κ1) is 30.9. The average Bonchev–Trinajstić information content (AvgIpc) is 2.97. The second kappa shape index (κ2) is 14.7. The lowest BCUT2D eigenvalue weighted by atomic mass is 10.00. The van der Waals surface area contributed by atoms with Crippen LogP contribution in [0, 0.1) is 11.6 Å². The lowest BCUT2D eigenvalue weighted by molar-refractivity contribution is 0.0825. The van der Waals surface area contributed by atoms with Crippen LogP contribution < -0.4 is 20.1 Å². The van der Waals surface area contributed by atoms with Crippen LogP contribution in [-0.2, 0) is 19.4 Å². The predicted octanol–water partition coefficient (Wildman–Crippen LogP) is 5.36. The quantitative estimate of drug-likeness (QED) is 0.187. The molecule has 0 radical (unpaired) electrons. The zero-order valence-corrected chi connectivity index (χ0v) is 24.1. The molecule has 0 aliphatic heterocycles. The molecule has 1 heterocycles. The minimum absolute atomic E-state index is 0.00925. The third-order valence-electron chi connectivity index (χ3n) is 6.84. The predicted molar refractivity (Wildman–Crippen MR) is 159 cm³/mol. The molecule has 4 rings (SSSR count). The number of hydrogen-bond acceptors (Lipinski definition) is 6. The number of aryl methyl sites for hydroxylation is 1. The lowest BCUT2D eigenvalue weighted by Gasteiger charge is -2.25. The summed E-state index contributed by atoms with van der Waals surface area (Å²) in [5.74, 6) is -1.07. The van der Waals surface area contributed by atoms with Gasteiger partial charge in [0.15, 0.2) is 0 Å². The maximum absolute atomic E-state index is 14.0. The van der Waals surface area contributed by atoms with Gasteiger partial charge in [-0.1, -0.05) is 37.3 Å². The highest BCUT2D eigenvalue weighted by Crippen LogP contribution is 2.32. The summed E-state index contributed by atoms with van der Waals surface area (Å²) in [7, 11) is 0. The molecule has 0 aliphatic carbocycles. The number of halogens is 2. The van der Waals surface area contributed by atoms with Crippen molar-refractivity contribution in [2.75, 3.05) is 19.8 Å². The number of para-hydroxylation sites is 1. The number of fused-ring (bicyclic) bond motifs is 1. The summed E-state index contributed by atoms with van der Waals surface area (Å²) in [4.78, 5) is 18.1. The van der Waals surface area contributed by atoms with E-state index in [4.69, 9.17) is 9.47 Å². The van der Waals surface area contributed by atoms with Crippen molar-refractivity contribution in [1.29, 1.82) is 0 Å². The van der Waals surface area contributed by atoms with E-state index >= 15 is 0 Å². The molecule has 1 aromatic heterocycles. The van der Waals surface area contributed by atoms with Crippen molar-refractivity contribution < 1.29 is 28.2 Å². The van der Waals surface area contributed by atoms with Crippen LogP contribution in [0.2, 0.25) is 0 Å². The fourth-order valence-electron chi connectivity index (χ4n) is 4.83. The van der Waals surface area contributed by atoms with E-state index in [9.17, 15) is 18.7 Å². The van der Waals surface area contributed by atoms with Crippen molar-refractivity contribution in [3.8, 4) is 11.5 Å². The summed E-state index contributed by atoms with van der Waals surface area (Å²) in [5.41, 5.74) is 3.09. The Morgan fingerprint density at radius 2 is 1.57 bits per heavy atom. The van der Waals surface area contributed by atoms with Gasteiger partial charge in [-0.3, -0.25) is 4.79 Å². The standard InChI is InChI=1S/C33H37F2N3O4/c1-4-21-9-7-10-22(13-21)19-36-20-29(39)27(16-23-14-24(34)17-25(35)15-23)38-33(40)28-18-31(42-6-3)26-11-8-12-30(41-5-2)32(26)37-28/h7-15,17-18,27,29,36,39H,4-6,16,19-20H2,1-3H3,(H,38,40)/t27-,29+/m0/s1. The van der Waals surface area contributed by atoms with Crippen LogP contribution in [0.4, 0.5) is 8.78 Å². The molecular formula is C33H37F2N3O4. The molecule has 0 aliphatic rings.